The van der Waals surface area contributed by atoms with Gasteiger partial charge in [0, 0.05) is 10.5 Å². The van der Waals surface area contributed by atoms with E-state index in [9.17, 15) is 4.79 Å². The molecule has 1 amide bonds. The van der Waals surface area contributed by atoms with E-state index in [4.69, 9.17) is 5.73 Å². The first-order chi connectivity index (χ1) is 7.58. The molecule has 4 heteroatoms. The number of carbonyl (C=O) groups is 1. The molecule has 1 aromatic carbocycles. The number of carbonyl (C=O) groups excluding carboxylic acids is 1. The maximum Gasteiger partial charge on any atom is 0.234 e. The number of nitrogens with one attached hydrogen (secondary N) is 1. The van der Waals surface area contributed by atoms with Gasteiger partial charge in [-0.2, -0.15) is 0 Å². The zero-order valence-electron chi connectivity index (χ0n) is 9.16. The maximum atomic E-state index is 11.0. The molecule has 3 N–H and O–H groups in total. The lowest BCUT2D eigenvalue weighted by atomic mass is 10.1. The lowest BCUT2D eigenvalue weighted by Crippen LogP contribution is -2.40. The maximum absolute atomic E-state index is 11.0. The lowest BCUT2D eigenvalue weighted by molar-refractivity contribution is -0.119. The summed E-state index contributed by atoms with van der Waals surface area (Å²) in [5, 5.41) is 3.26. The van der Waals surface area contributed by atoms with Crippen LogP contribution in [0.3, 0.4) is 0 Å². The second-order valence-corrected chi connectivity index (χ2v) is 5.14. The molecule has 0 saturated carbocycles. The topological polar surface area (TPSA) is 55.1 Å². The lowest BCUT2D eigenvalue weighted by Gasteiger charge is -2.17. The minimum atomic E-state index is -0.300. The average Bonchev–Trinajstić information content (AvgIpc) is 2.60. The summed E-state index contributed by atoms with van der Waals surface area (Å²) in [4.78, 5) is 11.0. The molecule has 0 bridgehead atoms. The molecule has 1 aliphatic carbocycles. The molecule has 0 spiro atoms. The molecule has 0 heterocycles. The SMILES string of the molecule is CC(NC1CCc2cc(Br)ccc21)C(N)=O. The van der Waals surface area contributed by atoms with Crippen LogP contribution in [0.4, 0.5) is 0 Å². The molecule has 2 unspecified atom stereocenters. The third kappa shape index (κ3) is 2.28. The number of benzene rings is 1. The van der Waals surface area contributed by atoms with Crippen LogP contribution in [-0.2, 0) is 11.2 Å². The van der Waals surface area contributed by atoms with Crippen molar-refractivity contribution < 1.29 is 4.79 Å². The summed E-state index contributed by atoms with van der Waals surface area (Å²) < 4.78 is 1.11. The predicted octanol–water partition coefficient (Wildman–Crippen LogP) is 1.90. The van der Waals surface area contributed by atoms with E-state index in [2.05, 4.69) is 33.4 Å². The number of hydrogen-bond acceptors (Lipinski definition) is 2. The highest BCUT2D eigenvalue weighted by atomic mass is 79.9. The van der Waals surface area contributed by atoms with Gasteiger partial charge in [-0.25, -0.2) is 0 Å². The van der Waals surface area contributed by atoms with Gasteiger partial charge in [0.05, 0.1) is 6.04 Å². The van der Waals surface area contributed by atoms with Crippen molar-refractivity contribution in [2.45, 2.75) is 31.8 Å². The minimum Gasteiger partial charge on any atom is -0.368 e. The van der Waals surface area contributed by atoms with E-state index < -0.39 is 0 Å². The Morgan fingerprint density at radius 3 is 3.06 bits per heavy atom. The van der Waals surface area contributed by atoms with E-state index >= 15 is 0 Å². The summed E-state index contributed by atoms with van der Waals surface area (Å²) in [6.45, 7) is 1.80. The number of hydrogen-bond donors (Lipinski definition) is 2. The van der Waals surface area contributed by atoms with Crippen LogP contribution in [0.1, 0.15) is 30.5 Å². The fourth-order valence-corrected chi connectivity index (χ4v) is 2.55. The van der Waals surface area contributed by atoms with Crippen molar-refractivity contribution in [3.05, 3.63) is 33.8 Å². The molecule has 86 valence electrons. The van der Waals surface area contributed by atoms with E-state index in [-0.39, 0.29) is 18.0 Å². The quantitative estimate of drug-likeness (QED) is 0.890. The Kier molecular flexibility index (Phi) is 3.30. The van der Waals surface area contributed by atoms with Crippen molar-refractivity contribution in [2.24, 2.45) is 5.73 Å². The van der Waals surface area contributed by atoms with E-state index in [1.165, 1.54) is 11.1 Å². The first-order valence-electron chi connectivity index (χ1n) is 5.41. The van der Waals surface area contributed by atoms with Crippen LogP contribution in [-0.4, -0.2) is 11.9 Å². The van der Waals surface area contributed by atoms with Crippen LogP contribution in [0, 0.1) is 0 Å². The fraction of sp³-hybridized carbons (Fsp3) is 0.417. The van der Waals surface area contributed by atoms with Crippen LogP contribution in [0.2, 0.25) is 0 Å². The average molecular weight is 283 g/mol. The van der Waals surface area contributed by atoms with Gasteiger partial charge in [-0.15, -0.1) is 0 Å². The number of amides is 1. The highest BCUT2D eigenvalue weighted by Gasteiger charge is 2.24. The Labute approximate surface area is 104 Å². The smallest absolute Gasteiger partial charge is 0.234 e. The van der Waals surface area contributed by atoms with Crippen LogP contribution >= 0.6 is 15.9 Å². The molecule has 0 aliphatic heterocycles. The third-order valence-electron chi connectivity index (χ3n) is 3.06. The molecule has 0 fully saturated rings. The molecule has 2 rings (SSSR count). The molecule has 16 heavy (non-hydrogen) atoms. The molecule has 0 saturated heterocycles. The second kappa shape index (κ2) is 4.55. The van der Waals surface area contributed by atoms with Gasteiger partial charge in [0.2, 0.25) is 5.91 Å². The molecular weight excluding hydrogens is 268 g/mol. The van der Waals surface area contributed by atoms with Crippen LogP contribution in [0.15, 0.2) is 22.7 Å². The van der Waals surface area contributed by atoms with Crippen LogP contribution < -0.4 is 11.1 Å². The van der Waals surface area contributed by atoms with Crippen molar-refractivity contribution in [1.82, 2.24) is 5.32 Å². The summed E-state index contributed by atoms with van der Waals surface area (Å²) in [5.41, 5.74) is 7.89. The number of aryl methyl sites for hydroxylation is 1. The van der Waals surface area contributed by atoms with Crippen molar-refractivity contribution in [2.75, 3.05) is 0 Å². The highest BCUT2D eigenvalue weighted by molar-refractivity contribution is 9.10. The summed E-state index contributed by atoms with van der Waals surface area (Å²) in [5.74, 6) is -0.300. The van der Waals surface area contributed by atoms with Crippen LogP contribution in [0.5, 0.6) is 0 Å². The van der Waals surface area contributed by atoms with E-state index in [0.717, 1.165) is 17.3 Å². The Morgan fingerprint density at radius 2 is 2.38 bits per heavy atom. The van der Waals surface area contributed by atoms with E-state index in [1.807, 2.05) is 6.07 Å². The number of rotatable bonds is 3. The normalized spacial score (nSPS) is 20.5. The monoisotopic (exact) mass is 282 g/mol. The molecule has 0 radical (unpaired) electrons. The van der Waals surface area contributed by atoms with Crippen molar-refractivity contribution in [3.63, 3.8) is 0 Å². The van der Waals surface area contributed by atoms with E-state index in [1.54, 1.807) is 6.92 Å². The fourth-order valence-electron chi connectivity index (χ4n) is 2.14. The Balaban J connectivity index is 2.15. The molecule has 3 nitrogen and oxygen atoms in total. The summed E-state index contributed by atoms with van der Waals surface area (Å²) in [6, 6.07) is 6.27. The Morgan fingerprint density at radius 1 is 1.62 bits per heavy atom. The second-order valence-electron chi connectivity index (χ2n) is 4.23. The summed E-state index contributed by atoms with van der Waals surface area (Å²) in [6.07, 6.45) is 2.08. The standard InChI is InChI=1S/C12H15BrN2O/c1-7(12(14)16)15-11-5-2-8-6-9(13)3-4-10(8)11/h3-4,6-7,11,15H,2,5H2,1H3,(H2,14,16). The van der Waals surface area contributed by atoms with Crippen molar-refractivity contribution in [3.8, 4) is 0 Å². The van der Waals surface area contributed by atoms with Gasteiger partial charge in [0.15, 0.2) is 0 Å². The van der Waals surface area contributed by atoms with Gasteiger partial charge in [-0.1, -0.05) is 22.0 Å². The number of fused-ring (bicyclic) bond motifs is 1. The van der Waals surface area contributed by atoms with Crippen molar-refractivity contribution in [1.29, 1.82) is 0 Å². The Bertz CT molecular complexity index is 419. The highest BCUT2D eigenvalue weighted by Crippen LogP contribution is 2.33. The van der Waals surface area contributed by atoms with Gasteiger partial charge >= 0.3 is 0 Å². The molecule has 2 atom stereocenters. The predicted molar refractivity (Wildman–Crippen MR) is 67.0 cm³/mol. The number of primary amides is 1. The largest absolute Gasteiger partial charge is 0.368 e. The first kappa shape index (κ1) is 11.6. The summed E-state index contributed by atoms with van der Waals surface area (Å²) >= 11 is 3.46. The van der Waals surface area contributed by atoms with Crippen LogP contribution in [0.25, 0.3) is 0 Å². The number of halogens is 1. The zero-order chi connectivity index (χ0) is 11.7. The minimum absolute atomic E-state index is 0.255. The summed E-state index contributed by atoms with van der Waals surface area (Å²) in [7, 11) is 0. The Hall–Kier alpha value is -0.870. The van der Waals surface area contributed by atoms with Gasteiger partial charge in [0.25, 0.3) is 0 Å². The molecule has 0 aromatic heterocycles. The number of nitrogens with two attached hydrogens (primary N) is 1. The van der Waals surface area contributed by atoms with Gasteiger partial charge in [0.1, 0.15) is 0 Å². The zero-order valence-corrected chi connectivity index (χ0v) is 10.8. The van der Waals surface area contributed by atoms with Crippen molar-refractivity contribution >= 4 is 21.8 Å². The van der Waals surface area contributed by atoms with E-state index in [0.29, 0.717) is 0 Å². The molecular formula is C12H15BrN2O. The van der Waals surface area contributed by atoms with Gasteiger partial charge < -0.3 is 5.73 Å². The first-order valence-corrected chi connectivity index (χ1v) is 6.21. The van der Waals surface area contributed by atoms with Gasteiger partial charge in [-0.05, 0) is 43.0 Å². The third-order valence-corrected chi connectivity index (χ3v) is 3.55. The molecule has 1 aliphatic rings. The molecule has 1 aromatic rings. The van der Waals surface area contributed by atoms with Gasteiger partial charge in [-0.3, -0.25) is 10.1 Å².